The molecule has 0 aliphatic rings. The van der Waals surface area contributed by atoms with Gasteiger partial charge in [0.1, 0.15) is 50.4 Å². The molecule has 10 heteroatoms. The number of hydrogen-bond donors (Lipinski definition) is 0. The van der Waals surface area contributed by atoms with Gasteiger partial charge in [0.15, 0.2) is 17.5 Å². The molecule has 3 aromatic heterocycles. The van der Waals surface area contributed by atoms with Crippen LogP contribution in [0.1, 0.15) is 0 Å². The molecule has 0 spiro atoms. The van der Waals surface area contributed by atoms with Gasteiger partial charge in [0.05, 0.1) is 0 Å². The minimum atomic E-state index is 0.600. The molecule has 10 rings (SSSR count). The summed E-state index contributed by atoms with van der Waals surface area (Å²) in [6.45, 7) is 0. The van der Waals surface area contributed by atoms with E-state index in [0.717, 1.165) is 44.2 Å². The van der Waals surface area contributed by atoms with Gasteiger partial charge in [-0.2, -0.15) is 0 Å². The number of nitrogens with zero attached hydrogens (tertiary/aromatic N) is 3. The molecule has 10 aromatic rings. The van der Waals surface area contributed by atoms with Crippen molar-refractivity contribution in [1.29, 1.82) is 0 Å². The van der Waals surface area contributed by atoms with E-state index in [1.165, 1.54) is 64.2 Å². The summed E-state index contributed by atoms with van der Waals surface area (Å²) in [7, 11) is 11.3. The van der Waals surface area contributed by atoms with E-state index in [9.17, 15) is 0 Å². The number of aromatic nitrogens is 3. The molecule has 0 radical (unpaired) electrons. The molecule has 0 amide bonds. The van der Waals surface area contributed by atoms with Gasteiger partial charge in [-0.15, -0.1) is 27.7 Å². The molecule has 3 heterocycles. The Morgan fingerprint density at radius 3 is 1.62 bits per heavy atom. The van der Waals surface area contributed by atoms with Crippen molar-refractivity contribution >= 4 is 120 Å². The maximum atomic E-state index is 6.25. The normalized spacial score (nSPS) is 11.6. The Balaban J connectivity index is 1.12. The molecule has 4 nitrogen and oxygen atoms in total. The topological polar surface area (TPSA) is 51.8 Å². The van der Waals surface area contributed by atoms with E-state index >= 15 is 0 Å². The van der Waals surface area contributed by atoms with Crippen molar-refractivity contribution in [2.24, 2.45) is 0 Å². The zero-order valence-corrected chi connectivity index (χ0v) is 32.2. The zero-order chi connectivity index (χ0) is 37.4. The molecule has 0 N–H and O–H groups in total. The van der Waals surface area contributed by atoms with E-state index in [0.29, 0.717) is 17.5 Å². The molecule has 254 valence electrons. The van der Waals surface area contributed by atoms with Crippen molar-refractivity contribution in [2.75, 3.05) is 0 Å². The number of thiophene rings is 1. The molecule has 0 aliphatic carbocycles. The average molecular weight is 717 g/mol. The van der Waals surface area contributed by atoms with Crippen molar-refractivity contribution in [3.05, 3.63) is 133 Å². The van der Waals surface area contributed by atoms with Crippen LogP contribution in [0.25, 0.3) is 98.5 Å². The van der Waals surface area contributed by atoms with Gasteiger partial charge >= 0.3 is 0 Å². The molecule has 0 atom stereocenters. The Hall–Kier alpha value is -6.11. The first-order valence-corrected chi connectivity index (χ1v) is 19.5. The Morgan fingerprint density at radius 1 is 0.382 bits per heavy atom. The fourth-order valence-electron chi connectivity index (χ4n) is 8.19. The lowest BCUT2D eigenvalue weighted by Crippen LogP contribution is -2.55. The summed E-state index contributed by atoms with van der Waals surface area (Å²) in [5.41, 5.74) is 16.3. The van der Waals surface area contributed by atoms with Gasteiger partial charge in [-0.3, -0.25) is 0 Å². The van der Waals surface area contributed by atoms with Gasteiger partial charge in [0, 0.05) is 47.6 Å². The van der Waals surface area contributed by atoms with E-state index < -0.39 is 0 Å². The van der Waals surface area contributed by atoms with Crippen LogP contribution in [0.4, 0.5) is 0 Å². The number of furan rings is 1. The molecular formula is C45H32B5N3OS. The fourth-order valence-corrected chi connectivity index (χ4v) is 9.55. The molecule has 0 aliphatic heterocycles. The smallest absolute Gasteiger partial charge is 0.164 e. The Labute approximate surface area is 327 Å². The summed E-state index contributed by atoms with van der Waals surface area (Å²) >= 11 is 1.89. The number of para-hydroxylation sites is 1. The average Bonchev–Trinajstić information content (AvgIpc) is 3.81. The number of rotatable bonds is 5. The number of fused-ring (bicyclic) bond motifs is 6. The first-order valence-electron chi connectivity index (χ1n) is 18.7. The van der Waals surface area contributed by atoms with Crippen molar-refractivity contribution in [3.8, 4) is 56.4 Å². The van der Waals surface area contributed by atoms with E-state index in [4.69, 9.17) is 19.4 Å². The molecule has 55 heavy (non-hydrogen) atoms. The highest BCUT2D eigenvalue weighted by Gasteiger charge is 2.20. The van der Waals surface area contributed by atoms with E-state index in [1.807, 2.05) is 65.9 Å². The minimum Gasteiger partial charge on any atom is -0.456 e. The highest BCUT2D eigenvalue weighted by atomic mass is 32.1. The molecule has 0 saturated carbocycles. The van der Waals surface area contributed by atoms with Gasteiger partial charge in [-0.25, -0.2) is 15.0 Å². The molecule has 0 unspecified atom stereocenters. The first kappa shape index (κ1) is 33.5. The quantitative estimate of drug-likeness (QED) is 0.255. The lowest BCUT2D eigenvalue weighted by Gasteiger charge is -2.20. The standard InChI is InChI=1S/C45H32B5N3OS/c46-36-35(37(47)39(49)40(50)38(36)48)32-17-8-16-31-30-15-7-14-27(41(30)55-42(31)32)24-11-6-12-25(21-24)44-51-43(23-9-2-1-3-10-23)52-45(53-44)26-19-20-29-28-13-4-5-18-33(28)54-34(29)22-26/h1-22H,46-50H2. The number of hydrogen-bond acceptors (Lipinski definition) is 5. The van der Waals surface area contributed by atoms with E-state index in [-0.39, 0.29) is 0 Å². The summed E-state index contributed by atoms with van der Waals surface area (Å²) in [6.07, 6.45) is 0. The second-order valence-electron chi connectivity index (χ2n) is 14.5. The maximum absolute atomic E-state index is 6.25. The van der Waals surface area contributed by atoms with Crippen LogP contribution in [0, 0.1) is 0 Å². The molecule has 0 bridgehead atoms. The van der Waals surface area contributed by atoms with Crippen LogP contribution in [-0.4, -0.2) is 54.2 Å². The lowest BCUT2D eigenvalue weighted by molar-refractivity contribution is 0.669. The number of benzene rings is 7. The maximum Gasteiger partial charge on any atom is 0.164 e. The highest BCUT2D eigenvalue weighted by Crippen LogP contribution is 2.43. The highest BCUT2D eigenvalue weighted by molar-refractivity contribution is 7.27. The first-order chi connectivity index (χ1) is 26.8. The van der Waals surface area contributed by atoms with Gasteiger partial charge in [-0.1, -0.05) is 120 Å². The van der Waals surface area contributed by atoms with Crippen molar-refractivity contribution < 1.29 is 4.42 Å². The Morgan fingerprint density at radius 2 is 0.891 bits per heavy atom. The summed E-state index contributed by atoms with van der Waals surface area (Å²) in [5, 5.41) is 4.73. The van der Waals surface area contributed by atoms with Gasteiger partial charge < -0.3 is 4.42 Å². The van der Waals surface area contributed by atoms with Crippen molar-refractivity contribution in [1.82, 2.24) is 15.0 Å². The summed E-state index contributed by atoms with van der Waals surface area (Å²) in [6, 6.07) is 46.6. The monoisotopic (exact) mass is 717 g/mol. The van der Waals surface area contributed by atoms with Crippen LogP contribution in [-0.2, 0) is 0 Å². The predicted molar refractivity (Wildman–Crippen MR) is 248 cm³/mol. The second-order valence-corrected chi connectivity index (χ2v) is 15.5. The molecule has 0 saturated heterocycles. The molecule has 0 fully saturated rings. The third-order valence-electron chi connectivity index (χ3n) is 11.5. The Kier molecular flexibility index (Phi) is 7.93. The van der Waals surface area contributed by atoms with Gasteiger partial charge in [0.25, 0.3) is 0 Å². The SMILES string of the molecule is Bc1c(B)c(B)c(-c2cccc3c2sc2c(-c4cccc(-c5nc(-c6ccccc6)nc(-c6ccc7c(c6)oc6ccccc67)n5)c4)cccc23)c(B)c1B. The largest absolute Gasteiger partial charge is 0.456 e. The molecule has 7 aromatic carbocycles. The fraction of sp³-hybridized carbons (Fsp3) is 0. The third kappa shape index (κ3) is 5.46. The van der Waals surface area contributed by atoms with E-state index in [1.54, 1.807) is 0 Å². The van der Waals surface area contributed by atoms with E-state index in [2.05, 4.69) is 118 Å². The van der Waals surface area contributed by atoms with Crippen LogP contribution in [0.3, 0.4) is 0 Å². The summed E-state index contributed by atoms with van der Waals surface area (Å²) in [5.74, 6) is 1.85. The van der Waals surface area contributed by atoms with Gasteiger partial charge in [0.2, 0.25) is 0 Å². The van der Waals surface area contributed by atoms with Gasteiger partial charge in [-0.05, 0) is 46.5 Å². The van der Waals surface area contributed by atoms with Crippen LogP contribution < -0.4 is 27.3 Å². The van der Waals surface area contributed by atoms with Crippen molar-refractivity contribution in [3.63, 3.8) is 0 Å². The minimum absolute atomic E-state index is 0.600. The summed E-state index contributed by atoms with van der Waals surface area (Å²) < 4.78 is 8.86. The van der Waals surface area contributed by atoms with Crippen molar-refractivity contribution in [2.45, 2.75) is 0 Å². The zero-order valence-electron chi connectivity index (χ0n) is 31.4. The molecular weight excluding hydrogens is 685 g/mol. The Bertz CT molecular complexity index is 3150. The predicted octanol–water partition coefficient (Wildman–Crippen LogP) is 3.77. The van der Waals surface area contributed by atoms with Crippen LogP contribution in [0.5, 0.6) is 0 Å². The van der Waals surface area contributed by atoms with Crippen LogP contribution in [0.2, 0.25) is 0 Å². The summed E-state index contributed by atoms with van der Waals surface area (Å²) in [4.78, 5) is 15.2. The third-order valence-corrected chi connectivity index (χ3v) is 12.8. The lowest BCUT2D eigenvalue weighted by atomic mass is 9.59. The second kappa shape index (κ2) is 13.0. The van der Waals surface area contributed by atoms with Crippen LogP contribution >= 0.6 is 11.3 Å². The van der Waals surface area contributed by atoms with Crippen LogP contribution in [0.15, 0.2) is 138 Å².